The van der Waals surface area contributed by atoms with Crippen LogP contribution in [0.4, 0.5) is 4.39 Å². The monoisotopic (exact) mass is 301 g/mol. The molecule has 1 amide bonds. The Labute approximate surface area is 110 Å². The summed E-state index contributed by atoms with van der Waals surface area (Å²) in [6.07, 6.45) is 4.48. The van der Waals surface area contributed by atoms with E-state index in [0.29, 0.717) is 16.6 Å². The highest BCUT2D eigenvalue weighted by atomic mass is 79.9. The largest absolute Gasteiger partial charge is 0.352 e. The molecule has 0 saturated heterocycles. The molecule has 0 fully saturated rings. The van der Waals surface area contributed by atoms with E-state index in [9.17, 15) is 9.18 Å². The van der Waals surface area contributed by atoms with Crippen molar-refractivity contribution in [1.82, 2.24) is 5.32 Å². The smallest absolute Gasteiger partial charge is 0.252 e. The Morgan fingerprint density at radius 3 is 2.76 bits per heavy atom. The fourth-order valence-electron chi connectivity index (χ4n) is 1.52. The maximum atomic E-state index is 12.8. The van der Waals surface area contributed by atoms with Crippen LogP contribution in [0.5, 0.6) is 0 Å². The van der Waals surface area contributed by atoms with Gasteiger partial charge >= 0.3 is 0 Å². The fourth-order valence-corrected chi connectivity index (χ4v) is 2.05. The number of hydrogen-bond acceptors (Lipinski definition) is 1. The van der Waals surface area contributed by atoms with Crippen LogP contribution in [0.3, 0.4) is 0 Å². The lowest BCUT2D eigenvalue weighted by Gasteiger charge is -2.06. The molecule has 17 heavy (non-hydrogen) atoms. The number of benzene rings is 1. The Hall–Kier alpha value is -0.900. The summed E-state index contributed by atoms with van der Waals surface area (Å²) < 4.78 is 13.3. The molecule has 0 saturated carbocycles. The van der Waals surface area contributed by atoms with Crippen LogP contribution in [-0.4, -0.2) is 12.5 Å². The summed E-state index contributed by atoms with van der Waals surface area (Å²) in [5.41, 5.74) is 0.474. The SMILES string of the molecule is CCCCCCNC(=O)c1ccc(F)cc1Br. The van der Waals surface area contributed by atoms with Crippen LogP contribution >= 0.6 is 15.9 Å². The summed E-state index contributed by atoms with van der Waals surface area (Å²) >= 11 is 3.18. The van der Waals surface area contributed by atoms with Crippen molar-refractivity contribution in [3.8, 4) is 0 Å². The lowest BCUT2D eigenvalue weighted by atomic mass is 10.2. The predicted molar refractivity (Wildman–Crippen MR) is 70.6 cm³/mol. The normalized spacial score (nSPS) is 10.3. The summed E-state index contributed by atoms with van der Waals surface area (Å²) in [6.45, 7) is 2.82. The van der Waals surface area contributed by atoms with Crippen LogP contribution in [0.1, 0.15) is 43.0 Å². The third-order valence-electron chi connectivity index (χ3n) is 2.49. The second-order valence-electron chi connectivity index (χ2n) is 3.94. The summed E-state index contributed by atoms with van der Waals surface area (Å²) in [5, 5.41) is 2.83. The van der Waals surface area contributed by atoms with Crippen LogP contribution in [0, 0.1) is 5.82 Å². The van der Waals surface area contributed by atoms with E-state index in [4.69, 9.17) is 0 Å². The van der Waals surface area contributed by atoms with Crippen LogP contribution in [-0.2, 0) is 0 Å². The summed E-state index contributed by atoms with van der Waals surface area (Å²) in [6, 6.07) is 4.07. The molecule has 1 aromatic rings. The summed E-state index contributed by atoms with van der Waals surface area (Å²) in [4.78, 5) is 11.7. The highest BCUT2D eigenvalue weighted by molar-refractivity contribution is 9.10. The van der Waals surface area contributed by atoms with E-state index in [1.54, 1.807) is 0 Å². The summed E-state index contributed by atoms with van der Waals surface area (Å²) in [5.74, 6) is -0.509. The molecule has 0 aliphatic rings. The van der Waals surface area contributed by atoms with Gasteiger partial charge in [-0.2, -0.15) is 0 Å². The molecule has 0 aliphatic heterocycles. The highest BCUT2D eigenvalue weighted by Crippen LogP contribution is 2.17. The molecule has 0 aliphatic carbocycles. The lowest BCUT2D eigenvalue weighted by molar-refractivity contribution is 0.0952. The van der Waals surface area contributed by atoms with E-state index < -0.39 is 0 Å². The second-order valence-corrected chi connectivity index (χ2v) is 4.80. The average molecular weight is 302 g/mol. The number of carbonyl (C=O) groups is 1. The molecular weight excluding hydrogens is 285 g/mol. The molecule has 0 heterocycles. The maximum Gasteiger partial charge on any atom is 0.252 e. The molecule has 0 atom stereocenters. The second kappa shape index (κ2) is 7.43. The minimum atomic E-state index is -0.351. The first kappa shape index (κ1) is 14.2. The first-order valence-corrected chi connectivity index (χ1v) is 6.67. The van der Waals surface area contributed by atoms with E-state index in [0.717, 1.165) is 12.8 Å². The molecule has 0 radical (unpaired) electrons. The van der Waals surface area contributed by atoms with Crippen molar-refractivity contribution in [2.24, 2.45) is 0 Å². The Kier molecular flexibility index (Phi) is 6.19. The molecule has 0 bridgehead atoms. The zero-order valence-corrected chi connectivity index (χ0v) is 11.5. The minimum Gasteiger partial charge on any atom is -0.352 e. The quantitative estimate of drug-likeness (QED) is 0.793. The lowest BCUT2D eigenvalue weighted by Crippen LogP contribution is -2.24. The number of halogens is 2. The number of carbonyl (C=O) groups excluding carboxylic acids is 1. The van der Waals surface area contributed by atoms with Crippen molar-refractivity contribution in [3.63, 3.8) is 0 Å². The van der Waals surface area contributed by atoms with E-state index in [2.05, 4.69) is 28.2 Å². The first-order chi connectivity index (χ1) is 8.15. The van der Waals surface area contributed by atoms with Crippen LogP contribution < -0.4 is 5.32 Å². The van der Waals surface area contributed by atoms with Crippen LogP contribution in [0.15, 0.2) is 22.7 Å². The number of amides is 1. The van der Waals surface area contributed by atoms with Gasteiger partial charge < -0.3 is 5.32 Å². The standard InChI is InChI=1S/C13H17BrFNO/c1-2-3-4-5-8-16-13(17)11-7-6-10(15)9-12(11)14/h6-7,9H,2-5,8H2,1H3,(H,16,17). The minimum absolute atomic E-state index is 0.159. The highest BCUT2D eigenvalue weighted by Gasteiger charge is 2.09. The van der Waals surface area contributed by atoms with Crippen molar-refractivity contribution < 1.29 is 9.18 Å². The molecule has 94 valence electrons. The Morgan fingerprint density at radius 2 is 2.12 bits per heavy atom. The van der Waals surface area contributed by atoms with Crippen molar-refractivity contribution in [2.45, 2.75) is 32.6 Å². The molecule has 1 N–H and O–H groups in total. The Bertz CT molecular complexity index is 382. The third kappa shape index (κ3) is 4.86. The van der Waals surface area contributed by atoms with E-state index >= 15 is 0 Å². The van der Waals surface area contributed by atoms with Crippen molar-refractivity contribution in [1.29, 1.82) is 0 Å². The Balaban J connectivity index is 2.42. The average Bonchev–Trinajstić information content (AvgIpc) is 2.28. The van der Waals surface area contributed by atoms with Crippen LogP contribution in [0.25, 0.3) is 0 Å². The zero-order valence-electron chi connectivity index (χ0n) is 9.93. The molecule has 0 aromatic heterocycles. The predicted octanol–water partition coefficient (Wildman–Crippen LogP) is 3.90. The molecule has 0 unspecified atom stereocenters. The van der Waals surface area contributed by atoms with Gasteiger partial charge in [0, 0.05) is 11.0 Å². The molecule has 2 nitrogen and oxygen atoms in total. The van der Waals surface area contributed by atoms with Gasteiger partial charge in [0.2, 0.25) is 0 Å². The number of hydrogen-bond donors (Lipinski definition) is 1. The van der Waals surface area contributed by atoms with Gasteiger partial charge in [-0.05, 0) is 40.5 Å². The molecule has 0 spiro atoms. The van der Waals surface area contributed by atoms with E-state index in [1.807, 2.05) is 0 Å². The van der Waals surface area contributed by atoms with Gasteiger partial charge in [-0.1, -0.05) is 26.2 Å². The van der Waals surface area contributed by atoms with Gasteiger partial charge in [0.15, 0.2) is 0 Å². The van der Waals surface area contributed by atoms with E-state index in [1.165, 1.54) is 31.0 Å². The van der Waals surface area contributed by atoms with Gasteiger partial charge in [0.25, 0.3) is 5.91 Å². The number of unbranched alkanes of at least 4 members (excludes halogenated alkanes) is 3. The van der Waals surface area contributed by atoms with Gasteiger partial charge in [0.1, 0.15) is 5.82 Å². The van der Waals surface area contributed by atoms with Crippen molar-refractivity contribution in [3.05, 3.63) is 34.1 Å². The fraction of sp³-hybridized carbons (Fsp3) is 0.462. The van der Waals surface area contributed by atoms with Gasteiger partial charge in [-0.25, -0.2) is 4.39 Å². The number of nitrogens with one attached hydrogen (secondary N) is 1. The van der Waals surface area contributed by atoms with Crippen molar-refractivity contribution in [2.75, 3.05) is 6.54 Å². The topological polar surface area (TPSA) is 29.1 Å². The maximum absolute atomic E-state index is 12.8. The molecule has 1 rings (SSSR count). The molecule has 4 heteroatoms. The first-order valence-electron chi connectivity index (χ1n) is 5.88. The molecular formula is C13H17BrFNO. The van der Waals surface area contributed by atoms with Gasteiger partial charge in [0.05, 0.1) is 5.56 Å². The van der Waals surface area contributed by atoms with Gasteiger partial charge in [-0.15, -0.1) is 0 Å². The Morgan fingerprint density at radius 1 is 1.35 bits per heavy atom. The van der Waals surface area contributed by atoms with Gasteiger partial charge in [-0.3, -0.25) is 4.79 Å². The zero-order chi connectivity index (χ0) is 12.7. The van der Waals surface area contributed by atoms with E-state index in [-0.39, 0.29) is 11.7 Å². The van der Waals surface area contributed by atoms with Crippen LogP contribution in [0.2, 0.25) is 0 Å². The third-order valence-corrected chi connectivity index (χ3v) is 3.15. The molecule has 1 aromatic carbocycles. The summed E-state index contributed by atoms with van der Waals surface area (Å²) in [7, 11) is 0. The number of rotatable bonds is 6. The van der Waals surface area contributed by atoms with Crippen molar-refractivity contribution >= 4 is 21.8 Å².